The number of ketones is 1. The third-order valence-corrected chi connectivity index (χ3v) is 7.44. The molecule has 37 heavy (non-hydrogen) atoms. The minimum Gasteiger partial charge on any atom is -0.507 e. The number of hydrogen-bond donors (Lipinski definition) is 1. The highest BCUT2D eigenvalue weighted by Gasteiger charge is 2.48. The highest BCUT2D eigenvalue weighted by Crippen LogP contribution is 2.45. The predicted octanol–water partition coefficient (Wildman–Crippen LogP) is 6.64. The number of fused-ring (bicyclic) bond motifs is 1. The molecule has 0 saturated carbocycles. The molecule has 1 amide bonds. The van der Waals surface area contributed by atoms with E-state index in [4.69, 9.17) is 9.72 Å². The molecule has 1 aromatic heterocycles. The van der Waals surface area contributed by atoms with Gasteiger partial charge in [-0.15, -0.1) is 0 Å². The summed E-state index contributed by atoms with van der Waals surface area (Å²) in [6, 6.07) is 17.8. The quantitative estimate of drug-likeness (QED) is 0.178. The molecule has 6 nitrogen and oxygen atoms in total. The molecular formula is C30H28N2O4S. The zero-order valence-corrected chi connectivity index (χ0v) is 22.1. The van der Waals surface area contributed by atoms with Gasteiger partial charge >= 0.3 is 5.91 Å². The van der Waals surface area contributed by atoms with Gasteiger partial charge in [-0.3, -0.25) is 14.5 Å². The summed E-state index contributed by atoms with van der Waals surface area (Å²) in [5.41, 5.74) is 5.13. The lowest BCUT2D eigenvalue weighted by Crippen LogP contribution is -2.29. The second-order valence-electron chi connectivity index (χ2n) is 9.38. The molecule has 0 bridgehead atoms. The van der Waals surface area contributed by atoms with Crippen LogP contribution in [0.1, 0.15) is 47.2 Å². The Hall–Kier alpha value is -3.97. The fourth-order valence-corrected chi connectivity index (χ4v) is 5.83. The van der Waals surface area contributed by atoms with Crippen molar-refractivity contribution in [2.45, 2.75) is 40.2 Å². The number of aliphatic hydroxyl groups excluding tert-OH is 1. The van der Waals surface area contributed by atoms with E-state index in [1.807, 2.05) is 64.1 Å². The Bertz CT molecular complexity index is 1550. The van der Waals surface area contributed by atoms with E-state index < -0.39 is 17.7 Å². The lowest BCUT2D eigenvalue weighted by Gasteiger charge is -2.23. The molecule has 1 saturated heterocycles. The van der Waals surface area contributed by atoms with Crippen LogP contribution in [0.2, 0.25) is 0 Å². The topological polar surface area (TPSA) is 79.7 Å². The van der Waals surface area contributed by atoms with Crippen LogP contribution in [0.15, 0.2) is 66.2 Å². The molecule has 1 aliphatic rings. The van der Waals surface area contributed by atoms with Gasteiger partial charge in [-0.1, -0.05) is 66.3 Å². The number of carbonyl (C=O) groups excluding carboxylic acids is 2. The molecule has 188 valence electrons. The predicted molar refractivity (Wildman–Crippen MR) is 147 cm³/mol. The van der Waals surface area contributed by atoms with Gasteiger partial charge in [-0.25, -0.2) is 4.98 Å². The molecular weight excluding hydrogens is 484 g/mol. The first kappa shape index (κ1) is 24.7. The molecule has 5 rings (SSSR count). The largest absolute Gasteiger partial charge is 0.507 e. The van der Waals surface area contributed by atoms with Crippen molar-refractivity contribution in [3.05, 3.63) is 94.1 Å². The highest BCUT2D eigenvalue weighted by molar-refractivity contribution is 7.22. The number of hydrogen-bond acceptors (Lipinski definition) is 6. The van der Waals surface area contributed by atoms with Gasteiger partial charge in [0.25, 0.3) is 5.78 Å². The van der Waals surface area contributed by atoms with Crippen LogP contribution < -0.4 is 9.64 Å². The Morgan fingerprint density at radius 3 is 2.51 bits per heavy atom. The summed E-state index contributed by atoms with van der Waals surface area (Å²) in [7, 11) is 0. The normalized spacial score (nSPS) is 17.1. The maximum atomic E-state index is 13.5. The molecule has 4 aromatic rings. The van der Waals surface area contributed by atoms with Gasteiger partial charge in [0.05, 0.1) is 28.4 Å². The highest BCUT2D eigenvalue weighted by atomic mass is 32.1. The maximum absolute atomic E-state index is 13.5. The molecule has 1 atom stereocenters. The van der Waals surface area contributed by atoms with E-state index in [1.54, 1.807) is 24.3 Å². The maximum Gasteiger partial charge on any atom is 0.301 e. The fraction of sp³-hybridized carbons (Fsp3) is 0.233. The van der Waals surface area contributed by atoms with Gasteiger partial charge in [-0.2, -0.15) is 0 Å². The van der Waals surface area contributed by atoms with Gasteiger partial charge in [0.2, 0.25) is 0 Å². The number of benzene rings is 3. The van der Waals surface area contributed by atoms with E-state index >= 15 is 0 Å². The third kappa shape index (κ3) is 4.51. The number of rotatable bonds is 6. The molecule has 1 fully saturated rings. The second-order valence-corrected chi connectivity index (χ2v) is 10.4. The first-order valence-electron chi connectivity index (χ1n) is 12.3. The van der Waals surface area contributed by atoms with Crippen LogP contribution in [0.3, 0.4) is 0 Å². The number of carbonyl (C=O) groups is 2. The average molecular weight is 513 g/mol. The van der Waals surface area contributed by atoms with Gasteiger partial charge in [0.1, 0.15) is 11.5 Å². The molecule has 0 spiro atoms. The van der Waals surface area contributed by atoms with Crippen molar-refractivity contribution in [1.29, 1.82) is 0 Å². The summed E-state index contributed by atoms with van der Waals surface area (Å²) in [5.74, 6) is -1.10. The van der Waals surface area contributed by atoms with Gasteiger partial charge < -0.3 is 9.84 Å². The third-order valence-electron chi connectivity index (χ3n) is 6.44. The summed E-state index contributed by atoms with van der Waals surface area (Å²) in [6.45, 7) is 8.52. The Kier molecular flexibility index (Phi) is 6.56. The van der Waals surface area contributed by atoms with Crippen LogP contribution in [0.25, 0.3) is 16.0 Å². The number of aliphatic hydroxyl groups is 1. The summed E-state index contributed by atoms with van der Waals surface area (Å²) in [5, 5.41) is 11.9. The second kappa shape index (κ2) is 9.82. The minimum atomic E-state index is -0.817. The summed E-state index contributed by atoms with van der Waals surface area (Å²) in [6.07, 6.45) is 0.843. The Morgan fingerprint density at radius 1 is 1.03 bits per heavy atom. The number of anilines is 1. The van der Waals surface area contributed by atoms with Crippen molar-refractivity contribution in [2.24, 2.45) is 0 Å². The lowest BCUT2D eigenvalue weighted by atomic mass is 9.95. The average Bonchev–Trinajstić information content (AvgIpc) is 3.41. The molecule has 2 heterocycles. The molecule has 1 aliphatic heterocycles. The van der Waals surface area contributed by atoms with E-state index in [2.05, 4.69) is 0 Å². The monoisotopic (exact) mass is 512 g/mol. The zero-order chi connectivity index (χ0) is 26.3. The van der Waals surface area contributed by atoms with E-state index in [9.17, 15) is 14.7 Å². The Balaban J connectivity index is 1.69. The Morgan fingerprint density at radius 2 is 1.78 bits per heavy atom. The van der Waals surface area contributed by atoms with Crippen molar-refractivity contribution < 1.29 is 19.4 Å². The molecule has 0 aliphatic carbocycles. The van der Waals surface area contributed by atoms with Crippen LogP contribution in [-0.2, 0) is 9.59 Å². The number of Topliss-reactive ketones (excluding diaryl/α,β-unsaturated/α-hetero) is 1. The van der Waals surface area contributed by atoms with Crippen LogP contribution >= 0.6 is 11.3 Å². The van der Waals surface area contributed by atoms with Crippen LogP contribution in [-0.4, -0.2) is 28.4 Å². The first-order chi connectivity index (χ1) is 17.8. The van der Waals surface area contributed by atoms with E-state index in [0.717, 1.165) is 38.9 Å². The van der Waals surface area contributed by atoms with Crippen molar-refractivity contribution in [3.8, 4) is 5.75 Å². The number of ether oxygens (including phenoxy) is 1. The van der Waals surface area contributed by atoms with Crippen LogP contribution in [0, 0.1) is 20.8 Å². The van der Waals surface area contributed by atoms with Crippen LogP contribution in [0.5, 0.6) is 5.75 Å². The summed E-state index contributed by atoms with van der Waals surface area (Å²) >= 11 is 1.37. The first-order valence-corrected chi connectivity index (χ1v) is 13.1. The molecule has 1 N–H and O–H groups in total. The zero-order valence-electron chi connectivity index (χ0n) is 21.2. The van der Waals surface area contributed by atoms with Crippen LogP contribution in [0.4, 0.5) is 5.13 Å². The van der Waals surface area contributed by atoms with Crippen molar-refractivity contribution in [3.63, 3.8) is 0 Å². The van der Waals surface area contributed by atoms with E-state index in [1.165, 1.54) is 16.2 Å². The van der Waals surface area contributed by atoms with Crippen molar-refractivity contribution >= 4 is 44.1 Å². The SMILES string of the molecule is CCCOc1cccc(C(O)=C2C(=O)C(=O)N(c3nc4c(C)cc(C)cc4s3)C2c2ccc(C)cc2)c1. The summed E-state index contributed by atoms with van der Waals surface area (Å²) < 4.78 is 6.66. The van der Waals surface area contributed by atoms with E-state index in [-0.39, 0.29) is 11.3 Å². The Labute approximate surface area is 219 Å². The van der Waals surface area contributed by atoms with Gasteiger partial charge in [0.15, 0.2) is 5.13 Å². The minimum absolute atomic E-state index is 0.0358. The van der Waals surface area contributed by atoms with Gasteiger partial charge in [0, 0.05) is 5.56 Å². The van der Waals surface area contributed by atoms with Crippen molar-refractivity contribution in [1.82, 2.24) is 4.98 Å². The van der Waals surface area contributed by atoms with Crippen molar-refractivity contribution in [2.75, 3.05) is 11.5 Å². The molecule has 7 heteroatoms. The standard InChI is InChI=1S/C30H28N2O4S/c1-5-13-36-22-8-6-7-21(16-22)27(33)24-26(20-11-9-17(2)10-12-20)32(29(35)28(24)34)30-31-25-19(4)14-18(3)15-23(25)37-30/h6-12,14-16,26,33H,5,13H2,1-4H3. The number of nitrogens with zero attached hydrogens (tertiary/aromatic N) is 2. The molecule has 1 unspecified atom stereocenters. The molecule has 0 radical (unpaired) electrons. The lowest BCUT2D eigenvalue weighted by molar-refractivity contribution is -0.132. The number of thiazole rings is 1. The number of amides is 1. The smallest absolute Gasteiger partial charge is 0.301 e. The van der Waals surface area contributed by atoms with E-state index in [0.29, 0.717) is 23.1 Å². The summed E-state index contributed by atoms with van der Waals surface area (Å²) in [4.78, 5) is 33.2. The fourth-order valence-electron chi connectivity index (χ4n) is 4.66. The van der Waals surface area contributed by atoms with Gasteiger partial charge in [-0.05, 0) is 62.1 Å². The number of aryl methyl sites for hydroxylation is 3. The molecule has 3 aromatic carbocycles. The number of aromatic nitrogens is 1.